The summed E-state index contributed by atoms with van der Waals surface area (Å²) in [7, 11) is 8.77. The number of benzene rings is 2. The van der Waals surface area contributed by atoms with Crippen LogP contribution in [0.25, 0.3) is 0 Å². The average Bonchev–Trinajstić information content (AvgIpc) is 2.90. The highest BCUT2D eigenvalue weighted by Gasteiger charge is 2.42. The number of Topliss-reactive ketones (excluding diaryl/α,β-unsaturated/α-hetero) is 2. The van der Waals surface area contributed by atoms with E-state index in [0.717, 1.165) is 0 Å². The summed E-state index contributed by atoms with van der Waals surface area (Å²) in [5, 5.41) is 4.24. The fraction of sp³-hybridized carbons (Fsp3) is 0.333. The van der Waals surface area contributed by atoms with Crippen LogP contribution < -0.4 is 39.1 Å². The summed E-state index contributed by atoms with van der Waals surface area (Å²) in [6, 6.07) is 5.16. The van der Waals surface area contributed by atoms with E-state index in [9.17, 15) is 9.59 Å². The van der Waals surface area contributed by atoms with E-state index in [2.05, 4.69) is 10.6 Å². The molecule has 1 aliphatic rings. The van der Waals surface area contributed by atoms with Crippen molar-refractivity contribution in [1.82, 2.24) is 0 Å². The molecule has 0 radical (unpaired) electrons. The highest BCUT2D eigenvalue weighted by atomic mass is 35.5. The zero-order valence-electron chi connectivity index (χ0n) is 20.5. The summed E-state index contributed by atoms with van der Waals surface area (Å²) in [5.74, 6) is 0.957. The van der Waals surface area contributed by atoms with Crippen molar-refractivity contribution in [2.45, 2.75) is 11.4 Å². The smallest absolute Gasteiger partial charge is 0.203 e. The highest BCUT2D eigenvalue weighted by Crippen LogP contribution is 2.42. The van der Waals surface area contributed by atoms with Crippen LogP contribution in [-0.2, 0) is 9.59 Å². The number of anilines is 2. The first-order chi connectivity index (χ1) is 17.2. The summed E-state index contributed by atoms with van der Waals surface area (Å²) in [5.41, 5.74) is 0.629. The number of carbonyl (C=O) groups is 2. The van der Waals surface area contributed by atoms with Gasteiger partial charge in [0.05, 0.1) is 42.7 Å². The number of ketones is 2. The molecule has 0 aliphatic heterocycles. The molecule has 0 bridgehead atoms. The van der Waals surface area contributed by atoms with Gasteiger partial charge in [0.25, 0.3) is 0 Å². The van der Waals surface area contributed by atoms with Crippen LogP contribution in [0.3, 0.4) is 0 Å². The van der Waals surface area contributed by atoms with Crippen molar-refractivity contribution in [3.63, 3.8) is 0 Å². The quantitative estimate of drug-likeness (QED) is 0.430. The van der Waals surface area contributed by atoms with Crippen LogP contribution in [-0.4, -0.2) is 65.6 Å². The second-order valence-electron chi connectivity index (χ2n) is 7.39. The van der Waals surface area contributed by atoms with E-state index in [1.54, 1.807) is 24.3 Å². The summed E-state index contributed by atoms with van der Waals surface area (Å²) >= 11 is 12.8. The number of halogens is 2. The van der Waals surface area contributed by atoms with Crippen molar-refractivity contribution in [3.05, 3.63) is 35.0 Å². The maximum atomic E-state index is 13.2. The molecule has 10 nitrogen and oxygen atoms in total. The summed E-state index contributed by atoms with van der Waals surface area (Å²) in [6.45, 7) is 0. The maximum Gasteiger partial charge on any atom is 0.203 e. The van der Waals surface area contributed by atoms with Crippen molar-refractivity contribution in [2.24, 2.45) is 0 Å². The van der Waals surface area contributed by atoms with Crippen LogP contribution in [0.15, 0.2) is 35.0 Å². The molecule has 3 rings (SSSR count). The lowest BCUT2D eigenvalue weighted by molar-refractivity contribution is -0.122. The van der Waals surface area contributed by atoms with E-state index >= 15 is 0 Å². The van der Waals surface area contributed by atoms with E-state index < -0.39 is 23.0 Å². The van der Waals surface area contributed by atoms with E-state index in [-0.39, 0.29) is 10.7 Å². The molecule has 0 saturated carbocycles. The van der Waals surface area contributed by atoms with Crippen molar-refractivity contribution in [3.8, 4) is 34.5 Å². The third-order valence-corrected chi connectivity index (χ3v) is 6.25. The second kappa shape index (κ2) is 11.5. The van der Waals surface area contributed by atoms with Gasteiger partial charge < -0.3 is 39.1 Å². The minimum Gasteiger partial charge on any atom is -0.493 e. The number of methoxy groups -OCH3 is 6. The molecule has 0 fully saturated rings. The number of nitrogens with one attached hydrogen (secondary N) is 2. The highest BCUT2D eigenvalue weighted by molar-refractivity contribution is 6.51. The zero-order valence-corrected chi connectivity index (χ0v) is 22.0. The van der Waals surface area contributed by atoms with Gasteiger partial charge in [0.2, 0.25) is 23.1 Å². The van der Waals surface area contributed by atoms with Crippen LogP contribution in [0.2, 0.25) is 0 Å². The Morgan fingerprint density at radius 2 is 1.08 bits per heavy atom. The molecule has 0 heterocycles. The van der Waals surface area contributed by atoms with Crippen molar-refractivity contribution in [2.75, 3.05) is 53.3 Å². The number of rotatable bonds is 10. The molecule has 0 spiro atoms. The molecular weight excluding hydrogens is 515 g/mol. The third-order valence-electron chi connectivity index (χ3n) is 5.43. The Kier molecular flexibility index (Phi) is 8.65. The van der Waals surface area contributed by atoms with Gasteiger partial charge in [-0.1, -0.05) is 11.6 Å². The van der Waals surface area contributed by atoms with Gasteiger partial charge in [-0.25, -0.2) is 0 Å². The number of ether oxygens (including phenoxy) is 6. The van der Waals surface area contributed by atoms with Crippen LogP contribution >= 0.6 is 23.2 Å². The van der Waals surface area contributed by atoms with E-state index in [1.165, 1.54) is 42.7 Å². The molecular formula is C24H26Cl2N2O8. The van der Waals surface area contributed by atoms with E-state index in [0.29, 0.717) is 45.9 Å². The largest absolute Gasteiger partial charge is 0.493 e. The molecule has 2 aromatic rings. The Morgan fingerprint density at radius 1 is 0.667 bits per heavy atom. The SMILES string of the molecule is COc1cc(NC2=C(Cl)C(=O)C(Nc3cc(OC)c(OC)c(OC)c3)C(Cl)C2=O)cc(OC)c1OC. The Labute approximate surface area is 218 Å². The van der Waals surface area contributed by atoms with Gasteiger partial charge in [-0.05, 0) is 0 Å². The van der Waals surface area contributed by atoms with E-state index in [4.69, 9.17) is 51.6 Å². The lowest BCUT2D eigenvalue weighted by atomic mass is 9.95. The predicted octanol–water partition coefficient (Wildman–Crippen LogP) is 3.84. The number of alkyl halides is 1. The van der Waals surface area contributed by atoms with Gasteiger partial charge in [0, 0.05) is 35.6 Å². The first kappa shape index (κ1) is 27.1. The van der Waals surface area contributed by atoms with Gasteiger partial charge in [-0.3, -0.25) is 9.59 Å². The lowest BCUT2D eigenvalue weighted by Gasteiger charge is -2.29. The number of carbonyl (C=O) groups excluding carboxylic acids is 2. The molecule has 36 heavy (non-hydrogen) atoms. The van der Waals surface area contributed by atoms with Gasteiger partial charge in [-0.2, -0.15) is 0 Å². The monoisotopic (exact) mass is 540 g/mol. The molecule has 0 saturated heterocycles. The van der Waals surface area contributed by atoms with Crippen LogP contribution in [0.4, 0.5) is 11.4 Å². The zero-order chi connectivity index (χ0) is 26.6. The van der Waals surface area contributed by atoms with Crippen LogP contribution in [0, 0.1) is 0 Å². The molecule has 12 heteroatoms. The second-order valence-corrected chi connectivity index (χ2v) is 8.24. The molecule has 2 unspecified atom stereocenters. The fourth-order valence-electron chi connectivity index (χ4n) is 3.69. The van der Waals surface area contributed by atoms with E-state index in [1.807, 2.05) is 0 Å². The minimum absolute atomic E-state index is 0.154. The molecule has 0 aromatic heterocycles. The van der Waals surface area contributed by atoms with Crippen LogP contribution in [0.5, 0.6) is 34.5 Å². The first-order valence-electron chi connectivity index (χ1n) is 10.5. The third kappa shape index (κ3) is 5.05. The molecule has 1 aliphatic carbocycles. The maximum absolute atomic E-state index is 13.2. The molecule has 2 N–H and O–H groups in total. The first-order valence-corrected chi connectivity index (χ1v) is 11.3. The number of hydrogen-bond acceptors (Lipinski definition) is 10. The Hall–Kier alpha value is -3.50. The van der Waals surface area contributed by atoms with Crippen molar-refractivity contribution >= 4 is 46.1 Å². The lowest BCUT2D eigenvalue weighted by Crippen LogP contribution is -2.48. The Balaban J connectivity index is 1.95. The van der Waals surface area contributed by atoms with Crippen molar-refractivity contribution < 1.29 is 38.0 Å². The van der Waals surface area contributed by atoms with Crippen LogP contribution in [0.1, 0.15) is 0 Å². The molecule has 2 atom stereocenters. The molecule has 0 amide bonds. The van der Waals surface area contributed by atoms with Gasteiger partial charge in [0.15, 0.2) is 23.0 Å². The van der Waals surface area contributed by atoms with Gasteiger partial charge in [0.1, 0.15) is 22.1 Å². The minimum atomic E-state index is -1.27. The fourth-order valence-corrected chi connectivity index (χ4v) is 4.23. The summed E-state index contributed by atoms with van der Waals surface area (Å²) in [6.07, 6.45) is 0. The summed E-state index contributed by atoms with van der Waals surface area (Å²) in [4.78, 5) is 26.4. The van der Waals surface area contributed by atoms with Gasteiger partial charge in [-0.15, -0.1) is 11.6 Å². The number of allylic oxidation sites excluding steroid dienone is 1. The Bertz CT molecular complexity index is 1150. The van der Waals surface area contributed by atoms with Gasteiger partial charge >= 0.3 is 0 Å². The summed E-state index contributed by atoms with van der Waals surface area (Å²) < 4.78 is 32.0. The predicted molar refractivity (Wildman–Crippen MR) is 136 cm³/mol. The normalized spacial score (nSPS) is 17.4. The molecule has 2 aromatic carbocycles. The topological polar surface area (TPSA) is 114 Å². The average molecular weight is 541 g/mol. The molecule has 194 valence electrons. The standard InChI is InChI=1S/C24H26Cl2N2O8/c1-31-13-7-11(8-14(32-2)23(13)35-5)27-19-17(25)22(30)20(18(26)21(19)29)28-12-9-15(33-3)24(36-6)16(10-12)34-4/h7-10,17,19,27-28H,1-6H3. The van der Waals surface area contributed by atoms with Crippen molar-refractivity contribution in [1.29, 1.82) is 0 Å². The number of hydrogen-bond donors (Lipinski definition) is 2. The Morgan fingerprint density at radius 3 is 1.47 bits per heavy atom.